The van der Waals surface area contributed by atoms with Crippen LogP contribution in [0.3, 0.4) is 0 Å². The van der Waals surface area contributed by atoms with Crippen LogP contribution in [0.1, 0.15) is 24.5 Å². The number of nitrogens with zero attached hydrogens (tertiary/aromatic N) is 1. The van der Waals surface area contributed by atoms with Gasteiger partial charge in [0.25, 0.3) is 5.69 Å². The van der Waals surface area contributed by atoms with Crippen LogP contribution in [0.15, 0.2) is 18.2 Å². The van der Waals surface area contributed by atoms with Crippen LogP contribution in [0.2, 0.25) is 0 Å². The van der Waals surface area contributed by atoms with E-state index >= 15 is 0 Å². The zero-order valence-electron chi connectivity index (χ0n) is 8.19. The van der Waals surface area contributed by atoms with Gasteiger partial charge in [0.05, 0.1) is 4.92 Å². The summed E-state index contributed by atoms with van der Waals surface area (Å²) in [6.45, 7) is 2.20. The molecule has 1 aliphatic carbocycles. The molecule has 1 aromatic rings. The van der Waals surface area contributed by atoms with Gasteiger partial charge in [-0.3, -0.25) is 10.1 Å². The van der Waals surface area contributed by atoms with E-state index in [1.54, 1.807) is 12.1 Å². The maximum atomic E-state index is 10.6. The highest BCUT2D eigenvalue weighted by Crippen LogP contribution is 2.28. The van der Waals surface area contributed by atoms with Gasteiger partial charge in [-0.2, -0.15) is 0 Å². The van der Waals surface area contributed by atoms with E-state index in [0.29, 0.717) is 5.92 Å². The molecule has 0 aliphatic heterocycles. The standard InChI is InChI=1S/C11H13NO2/c1-8-2-3-9-4-5-11(12(13)14)7-10(9)6-8/h4-5,7-8H,2-3,6H2,1H3. The van der Waals surface area contributed by atoms with Crippen molar-refractivity contribution >= 4 is 5.69 Å². The molecule has 74 valence electrons. The van der Waals surface area contributed by atoms with Crippen LogP contribution in [-0.4, -0.2) is 4.92 Å². The molecular formula is C11H13NO2. The number of aryl methyl sites for hydroxylation is 1. The summed E-state index contributed by atoms with van der Waals surface area (Å²) < 4.78 is 0. The Hall–Kier alpha value is -1.38. The molecule has 1 aromatic carbocycles. The zero-order chi connectivity index (χ0) is 10.1. The SMILES string of the molecule is CC1CCc2ccc([N+](=O)[O-])cc2C1. The summed E-state index contributed by atoms with van der Waals surface area (Å²) in [5.41, 5.74) is 2.67. The second-order valence-electron chi connectivity index (χ2n) is 4.06. The van der Waals surface area contributed by atoms with Crippen LogP contribution in [-0.2, 0) is 12.8 Å². The van der Waals surface area contributed by atoms with Crippen molar-refractivity contribution in [2.24, 2.45) is 5.92 Å². The molecule has 0 fully saturated rings. The van der Waals surface area contributed by atoms with Crippen molar-refractivity contribution in [1.82, 2.24) is 0 Å². The molecule has 0 spiro atoms. The summed E-state index contributed by atoms with van der Waals surface area (Å²) in [6, 6.07) is 5.24. The van der Waals surface area contributed by atoms with E-state index in [1.807, 2.05) is 6.07 Å². The van der Waals surface area contributed by atoms with Crippen molar-refractivity contribution in [2.75, 3.05) is 0 Å². The summed E-state index contributed by atoms with van der Waals surface area (Å²) in [5, 5.41) is 10.6. The van der Waals surface area contributed by atoms with Crippen molar-refractivity contribution in [3.05, 3.63) is 39.4 Å². The van der Waals surface area contributed by atoms with E-state index in [2.05, 4.69) is 6.92 Å². The fourth-order valence-electron chi connectivity index (χ4n) is 2.04. The lowest BCUT2D eigenvalue weighted by atomic mass is 9.85. The predicted octanol–water partition coefficient (Wildman–Crippen LogP) is 2.72. The molecule has 3 heteroatoms. The minimum Gasteiger partial charge on any atom is -0.258 e. The number of hydrogen-bond acceptors (Lipinski definition) is 2. The molecule has 0 saturated heterocycles. The number of nitro groups is 1. The highest BCUT2D eigenvalue weighted by Gasteiger charge is 2.17. The van der Waals surface area contributed by atoms with Crippen molar-refractivity contribution < 1.29 is 4.92 Å². The quantitative estimate of drug-likeness (QED) is 0.506. The fourth-order valence-corrected chi connectivity index (χ4v) is 2.04. The third kappa shape index (κ3) is 1.62. The van der Waals surface area contributed by atoms with E-state index in [0.717, 1.165) is 18.4 Å². The van der Waals surface area contributed by atoms with E-state index in [-0.39, 0.29) is 10.6 Å². The molecule has 0 bridgehead atoms. The summed E-state index contributed by atoms with van der Waals surface area (Å²) in [6.07, 6.45) is 3.25. The van der Waals surface area contributed by atoms with Gasteiger partial charge >= 0.3 is 0 Å². The number of hydrogen-bond donors (Lipinski definition) is 0. The monoisotopic (exact) mass is 191 g/mol. The van der Waals surface area contributed by atoms with Gasteiger partial charge in [0.1, 0.15) is 0 Å². The van der Waals surface area contributed by atoms with Gasteiger partial charge in [-0.1, -0.05) is 13.0 Å². The maximum Gasteiger partial charge on any atom is 0.269 e. The first kappa shape index (κ1) is 9.19. The van der Waals surface area contributed by atoms with Crippen molar-refractivity contribution in [3.8, 4) is 0 Å². The minimum atomic E-state index is -0.320. The summed E-state index contributed by atoms with van der Waals surface area (Å²) >= 11 is 0. The van der Waals surface area contributed by atoms with Gasteiger partial charge < -0.3 is 0 Å². The maximum absolute atomic E-state index is 10.6. The zero-order valence-corrected chi connectivity index (χ0v) is 8.19. The average molecular weight is 191 g/mol. The van der Waals surface area contributed by atoms with Crippen LogP contribution in [0, 0.1) is 16.0 Å². The molecule has 1 atom stereocenters. The Morgan fingerprint density at radius 3 is 2.93 bits per heavy atom. The molecule has 0 saturated carbocycles. The van der Waals surface area contributed by atoms with Crippen LogP contribution in [0.25, 0.3) is 0 Å². The lowest BCUT2D eigenvalue weighted by Gasteiger charge is -2.20. The Kier molecular flexibility index (Phi) is 2.23. The molecule has 0 heterocycles. The van der Waals surface area contributed by atoms with Crippen LogP contribution in [0.5, 0.6) is 0 Å². The highest BCUT2D eigenvalue weighted by atomic mass is 16.6. The second-order valence-corrected chi connectivity index (χ2v) is 4.06. The van der Waals surface area contributed by atoms with Crippen LogP contribution >= 0.6 is 0 Å². The summed E-state index contributed by atoms with van der Waals surface area (Å²) in [4.78, 5) is 10.3. The molecule has 1 aliphatic rings. The van der Waals surface area contributed by atoms with Gasteiger partial charge in [0.2, 0.25) is 0 Å². The first-order valence-corrected chi connectivity index (χ1v) is 4.93. The van der Waals surface area contributed by atoms with E-state index in [4.69, 9.17) is 0 Å². The van der Waals surface area contributed by atoms with E-state index < -0.39 is 0 Å². The molecule has 0 amide bonds. The Balaban J connectivity index is 2.37. The smallest absolute Gasteiger partial charge is 0.258 e. The van der Waals surface area contributed by atoms with Gasteiger partial charge in [-0.15, -0.1) is 0 Å². The third-order valence-electron chi connectivity index (χ3n) is 2.88. The van der Waals surface area contributed by atoms with Gasteiger partial charge in [-0.05, 0) is 36.3 Å². The third-order valence-corrected chi connectivity index (χ3v) is 2.88. The normalized spacial score (nSPS) is 20.2. The summed E-state index contributed by atoms with van der Waals surface area (Å²) in [7, 11) is 0. The molecule has 14 heavy (non-hydrogen) atoms. The number of nitro benzene ring substituents is 1. The first-order valence-electron chi connectivity index (χ1n) is 4.93. The molecule has 2 rings (SSSR count). The Bertz CT molecular complexity index is 374. The van der Waals surface area contributed by atoms with E-state index in [9.17, 15) is 10.1 Å². The lowest BCUT2D eigenvalue weighted by molar-refractivity contribution is -0.384. The number of benzene rings is 1. The molecule has 3 nitrogen and oxygen atoms in total. The molecule has 0 radical (unpaired) electrons. The van der Waals surface area contributed by atoms with Gasteiger partial charge in [-0.25, -0.2) is 0 Å². The number of rotatable bonds is 1. The second kappa shape index (κ2) is 3.40. The van der Waals surface area contributed by atoms with Gasteiger partial charge in [0, 0.05) is 12.1 Å². The first-order chi connectivity index (χ1) is 6.66. The number of fused-ring (bicyclic) bond motifs is 1. The minimum absolute atomic E-state index is 0.220. The summed E-state index contributed by atoms with van der Waals surface area (Å²) in [5.74, 6) is 0.657. The lowest BCUT2D eigenvalue weighted by Crippen LogP contribution is -2.11. The Labute approximate surface area is 82.9 Å². The van der Waals surface area contributed by atoms with Crippen molar-refractivity contribution in [3.63, 3.8) is 0 Å². The van der Waals surface area contributed by atoms with E-state index in [1.165, 1.54) is 12.0 Å². The largest absolute Gasteiger partial charge is 0.269 e. The average Bonchev–Trinajstić information content (AvgIpc) is 2.16. The Morgan fingerprint density at radius 2 is 2.21 bits per heavy atom. The molecular weight excluding hydrogens is 178 g/mol. The van der Waals surface area contributed by atoms with Crippen molar-refractivity contribution in [2.45, 2.75) is 26.2 Å². The van der Waals surface area contributed by atoms with Crippen LogP contribution < -0.4 is 0 Å². The molecule has 1 unspecified atom stereocenters. The fraction of sp³-hybridized carbons (Fsp3) is 0.455. The topological polar surface area (TPSA) is 43.1 Å². The molecule has 0 aromatic heterocycles. The molecule has 0 N–H and O–H groups in total. The Morgan fingerprint density at radius 1 is 1.43 bits per heavy atom. The number of non-ortho nitro benzene ring substituents is 1. The predicted molar refractivity (Wildman–Crippen MR) is 54.3 cm³/mol. The van der Waals surface area contributed by atoms with Crippen molar-refractivity contribution in [1.29, 1.82) is 0 Å². The van der Waals surface area contributed by atoms with Gasteiger partial charge in [0.15, 0.2) is 0 Å². The van der Waals surface area contributed by atoms with Crippen LogP contribution in [0.4, 0.5) is 5.69 Å². The highest BCUT2D eigenvalue weighted by molar-refractivity contribution is 5.41.